The third-order valence-corrected chi connectivity index (χ3v) is 5.77. The molecule has 1 aromatic heterocycles. The minimum atomic E-state index is -0.365. The van der Waals surface area contributed by atoms with E-state index in [0.717, 1.165) is 15.8 Å². The number of pyridine rings is 1. The molecule has 1 heterocycles. The van der Waals surface area contributed by atoms with Crippen LogP contribution in [0.3, 0.4) is 0 Å². The molecule has 0 radical (unpaired) electrons. The van der Waals surface area contributed by atoms with Crippen molar-refractivity contribution in [2.75, 3.05) is 5.75 Å². The van der Waals surface area contributed by atoms with E-state index in [0.29, 0.717) is 23.3 Å². The second kappa shape index (κ2) is 7.59. The summed E-state index contributed by atoms with van der Waals surface area (Å²) in [5.74, 6) is -0.596. The smallest absolute Gasteiger partial charge is 0.250 e. The summed E-state index contributed by atoms with van der Waals surface area (Å²) in [6.45, 7) is 1.87. The highest BCUT2D eigenvalue weighted by Crippen LogP contribution is 2.39. The van der Waals surface area contributed by atoms with Crippen molar-refractivity contribution in [2.24, 2.45) is 5.10 Å². The van der Waals surface area contributed by atoms with Crippen LogP contribution in [-0.2, 0) is 4.79 Å². The normalized spacial score (nSPS) is 17.1. The van der Waals surface area contributed by atoms with Crippen molar-refractivity contribution in [3.63, 3.8) is 0 Å². The zero-order chi connectivity index (χ0) is 19.7. The molecule has 3 aromatic rings. The van der Waals surface area contributed by atoms with Crippen LogP contribution in [0.5, 0.6) is 5.75 Å². The molecular formula is C21H18FN3O2S. The van der Waals surface area contributed by atoms with E-state index in [2.05, 4.69) is 15.5 Å². The molecule has 142 valence electrons. The lowest BCUT2D eigenvalue weighted by molar-refractivity contribution is -0.118. The number of hydrogen-bond donors (Lipinski definition) is 2. The number of hydrazone groups is 1. The molecule has 0 saturated carbocycles. The van der Waals surface area contributed by atoms with Gasteiger partial charge in [-0.2, -0.15) is 5.10 Å². The van der Waals surface area contributed by atoms with Gasteiger partial charge in [0.25, 0.3) is 0 Å². The van der Waals surface area contributed by atoms with E-state index in [1.807, 2.05) is 37.3 Å². The highest BCUT2D eigenvalue weighted by atomic mass is 32.2. The van der Waals surface area contributed by atoms with E-state index in [9.17, 15) is 14.3 Å². The highest BCUT2D eigenvalue weighted by Gasteiger charge is 2.30. The maximum Gasteiger partial charge on any atom is 0.250 e. The number of carbonyl (C=O) groups excluding carboxylic acids is 1. The van der Waals surface area contributed by atoms with Gasteiger partial charge in [-0.3, -0.25) is 9.78 Å². The summed E-state index contributed by atoms with van der Waals surface area (Å²) >= 11 is 1.38. The summed E-state index contributed by atoms with van der Waals surface area (Å²) in [5, 5.41) is 15.3. The van der Waals surface area contributed by atoms with Gasteiger partial charge >= 0.3 is 0 Å². The number of nitrogens with zero attached hydrogens (tertiary/aromatic N) is 2. The van der Waals surface area contributed by atoms with E-state index >= 15 is 0 Å². The van der Waals surface area contributed by atoms with E-state index in [1.165, 1.54) is 23.9 Å². The number of amides is 1. The molecule has 0 aliphatic heterocycles. The molecule has 1 aliphatic rings. The Labute approximate surface area is 165 Å². The van der Waals surface area contributed by atoms with Crippen LogP contribution in [0, 0.1) is 5.82 Å². The first-order chi connectivity index (χ1) is 13.5. The number of phenols is 1. The predicted molar refractivity (Wildman–Crippen MR) is 108 cm³/mol. The number of phenolic OH excluding ortho intramolecular Hbond substituents is 1. The summed E-state index contributed by atoms with van der Waals surface area (Å²) in [6.07, 6.45) is 2.19. The van der Waals surface area contributed by atoms with Crippen LogP contribution in [0.25, 0.3) is 10.9 Å². The Morgan fingerprint density at radius 2 is 2.14 bits per heavy atom. The average Bonchev–Trinajstić information content (AvgIpc) is 3.05. The topological polar surface area (TPSA) is 74.6 Å². The lowest BCUT2D eigenvalue weighted by Gasteiger charge is -2.07. The van der Waals surface area contributed by atoms with Crippen LogP contribution < -0.4 is 5.43 Å². The van der Waals surface area contributed by atoms with Crippen LogP contribution in [0.2, 0.25) is 0 Å². The predicted octanol–water partition coefficient (Wildman–Crippen LogP) is 4.20. The van der Waals surface area contributed by atoms with Crippen molar-refractivity contribution in [3.05, 3.63) is 65.6 Å². The number of para-hydroxylation sites is 1. The molecule has 2 N–H and O–H groups in total. The molecular weight excluding hydrogens is 377 g/mol. The number of thioether (sulfide) groups is 1. The molecule has 1 atom stereocenters. The zero-order valence-electron chi connectivity index (χ0n) is 15.1. The first-order valence-electron chi connectivity index (χ1n) is 8.88. The standard InChI is InChI=1S/C21H18FN3O2S/c1-12-10-15(20-16(26)8-7-14(22)19(12)20)24-25-18(27)11-28-17-6-2-4-13-5-3-9-23-21(13)17/h2-9,12,26H,10-11H2,1H3,(H,25,27)/b24-15+/t12-/m0/s1. The maximum atomic E-state index is 14.1. The summed E-state index contributed by atoms with van der Waals surface area (Å²) < 4.78 is 14.1. The van der Waals surface area contributed by atoms with Gasteiger partial charge < -0.3 is 5.11 Å². The van der Waals surface area contributed by atoms with Crippen molar-refractivity contribution < 1.29 is 14.3 Å². The Balaban J connectivity index is 1.47. The van der Waals surface area contributed by atoms with Gasteiger partial charge in [0.15, 0.2) is 0 Å². The number of hydrogen-bond acceptors (Lipinski definition) is 5. The molecule has 0 spiro atoms. The number of fused-ring (bicyclic) bond motifs is 2. The molecule has 7 heteroatoms. The van der Waals surface area contributed by atoms with Crippen LogP contribution >= 0.6 is 11.8 Å². The number of halogens is 1. The molecule has 5 nitrogen and oxygen atoms in total. The number of aromatic nitrogens is 1. The second-order valence-electron chi connectivity index (χ2n) is 6.67. The Hall–Kier alpha value is -2.93. The van der Waals surface area contributed by atoms with Crippen LogP contribution in [0.4, 0.5) is 4.39 Å². The maximum absolute atomic E-state index is 14.1. The fraction of sp³-hybridized carbons (Fsp3) is 0.190. The van der Waals surface area contributed by atoms with E-state index in [1.54, 1.807) is 6.20 Å². The molecule has 2 aromatic carbocycles. The molecule has 4 rings (SSSR count). The fourth-order valence-corrected chi connectivity index (χ4v) is 4.29. The molecule has 0 fully saturated rings. The first kappa shape index (κ1) is 18.4. The lowest BCUT2D eigenvalue weighted by Crippen LogP contribution is -2.21. The summed E-state index contributed by atoms with van der Waals surface area (Å²) in [5.41, 5.74) is 4.71. The Kier molecular flexibility index (Phi) is 5.00. The summed E-state index contributed by atoms with van der Waals surface area (Å²) in [7, 11) is 0. The zero-order valence-corrected chi connectivity index (χ0v) is 16.0. The van der Waals surface area contributed by atoms with Crippen LogP contribution in [0.15, 0.2) is 58.7 Å². The number of rotatable bonds is 4. The van der Waals surface area contributed by atoms with Crippen LogP contribution in [-0.4, -0.2) is 27.5 Å². The minimum Gasteiger partial charge on any atom is -0.507 e. The van der Waals surface area contributed by atoms with Gasteiger partial charge in [-0.25, -0.2) is 9.82 Å². The van der Waals surface area contributed by atoms with Crippen molar-refractivity contribution in [1.29, 1.82) is 0 Å². The quantitative estimate of drug-likeness (QED) is 0.513. The van der Waals surface area contributed by atoms with Gasteiger partial charge in [0.05, 0.1) is 17.0 Å². The summed E-state index contributed by atoms with van der Waals surface area (Å²) in [4.78, 5) is 17.6. The van der Waals surface area contributed by atoms with Crippen molar-refractivity contribution >= 4 is 34.3 Å². The molecule has 1 amide bonds. The Bertz CT molecular complexity index is 1090. The molecule has 0 unspecified atom stereocenters. The molecule has 0 saturated heterocycles. The van der Waals surface area contributed by atoms with E-state index < -0.39 is 0 Å². The number of carbonyl (C=O) groups is 1. The van der Waals surface area contributed by atoms with Gasteiger partial charge in [-0.15, -0.1) is 11.8 Å². The van der Waals surface area contributed by atoms with E-state index in [4.69, 9.17) is 0 Å². The monoisotopic (exact) mass is 395 g/mol. The first-order valence-corrected chi connectivity index (χ1v) is 9.87. The SMILES string of the molecule is C[C@H]1C/C(=N\NC(=O)CSc2cccc3cccnc23)c2c(O)ccc(F)c21. The van der Waals surface area contributed by atoms with Gasteiger partial charge in [-0.1, -0.05) is 25.1 Å². The van der Waals surface area contributed by atoms with Crippen LogP contribution in [0.1, 0.15) is 30.4 Å². The third kappa shape index (κ3) is 3.45. The van der Waals surface area contributed by atoms with Crippen molar-refractivity contribution in [3.8, 4) is 5.75 Å². The van der Waals surface area contributed by atoms with Crippen molar-refractivity contribution in [1.82, 2.24) is 10.4 Å². The van der Waals surface area contributed by atoms with Crippen molar-refractivity contribution in [2.45, 2.75) is 24.2 Å². The van der Waals surface area contributed by atoms with Gasteiger partial charge in [0, 0.05) is 27.6 Å². The van der Waals surface area contributed by atoms with Gasteiger partial charge in [-0.05, 0) is 36.6 Å². The molecule has 1 aliphatic carbocycles. The Morgan fingerprint density at radius 1 is 1.32 bits per heavy atom. The van der Waals surface area contributed by atoms with Gasteiger partial charge in [0.2, 0.25) is 5.91 Å². The second-order valence-corrected chi connectivity index (χ2v) is 7.69. The number of aromatic hydroxyl groups is 1. The number of nitrogens with one attached hydrogen (secondary N) is 1. The van der Waals surface area contributed by atoms with Gasteiger partial charge in [0.1, 0.15) is 11.6 Å². The Morgan fingerprint density at radius 3 is 3.00 bits per heavy atom. The lowest BCUT2D eigenvalue weighted by atomic mass is 10.0. The van der Waals surface area contributed by atoms with E-state index in [-0.39, 0.29) is 29.1 Å². The summed E-state index contributed by atoms with van der Waals surface area (Å²) in [6, 6.07) is 12.2. The average molecular weight is 395 g/mol. The number of benzene rings is 2. The molecule has 28 heavy (non-hydrogen) atoms. The third-order valence-electron chi connectivity index (χ3n) is 4.72. The highest BCUT2D eigenvalue weighted by molar-refractivity contribution is 8.00. The molecule has 0 bridgehead atoms. The largest absolute Gasteiger partial charge is 0.507 e. The minimum absolute atomic E-state index is 0.0232. The fourth-order valence-electron chi connectivity index (χ4n) is 3.46.